The number of carbonyl (C=O) groups excluding carboxylic acids is 2. The van der Waals surface area contributed by atoms with Gasteiger partial charge in [0, 0.05) is 6.04 Å². The predicted octanol–water partition coefficient (Wildman–Crippen LogP) is 2.16. The third-order valence-corrected chi connectivity index (χ3v) is 4.47. The van der Waals surface area contributed by atoms with E-state index in [0.717, 1.165) is 25.0 Å². The molecule has 1 aliphatic carbocycles. The summed E-state index contributed by atoms with van der Waals surface area (Å²) >= 11 is 1.64. The van der Waals surface area contributed by atoms with Crippen LogP contribution in [0.25, 0.3) is 0 Å². The molecule has 0 radical (unpaired) electrons. The highest BCUT2D eigenvalue weighted by Gasteiger charge is 2.25. The minimum absolute atomic E-state index is 0.211. The van der Waals surface area contributed by atoms with Gasteiger partial charge in [0.2, 0.25) is 0 Å². The summed E-state index contributed by atoms with van der Waals surface area (Å²) in [6.07, 6.45) is 7.11. The molecular weight excluding hydrogens is 276 g/mol. The van der Waals surface area contributed by atoms with Gasteiger partial charge in [-0.05, 0) is 37.2 Å². The standard InChI is InChI=1S/C14H26N2O3S/c1-10-6-4-5-7-11(10)15-14(18)16-12(8-9-20-3)13(17)19-2/h10-12H,4-9H2,1-3H3,(H2,15,16,18)/t10-,11-,12-/m1/s1. The Bertz CT molecular complexity index is 326. The van der Waals surface area contributed by atoms with Crippen molar-refractivity contribution >= 4 is 23.8 Å². The van der Waals surface area contributed by atoms with E-state index in [-0.39, 0.29) is 18.0 Å². The van der Waals surface area contributed by atoms with Gasteiger partial charge in [-0.3, -0.25) is 0 Å². The number of carbonyl (C=O) groups is 2. The molecule has 0 saturated heterocycles. The first-order valence-electron chi connectivity index (χ1n) is 7.22. The number of nitrogens with one attached hydrogen (secondary N) is 2. The number of rotatable bonds is 6. The molecule has 20 heavy (non-hydrogen) atoms. The lowest BCUT2D eigenvalue weighted by Crippen LogP contribution is -2.51. The van der Waals surface area contributed by atoms with Crippen molar-refractivity contribution in [3.63, 3.8) is 0 Å². The van der Waals surface area contributed by atoms with Gasteiger partial charge in [0.05, 0.1) is 7.11 Å². The molecule has 2 N–H and O–H groups in total. The maximum atomic E-state index is 12.0. The normalized spacial score (nSPS) is 23.8. The van der Waals surface area contributed by atoms with Gasteiger partial charge >= 0.3 is 12.0 Å². The van der Waals surface area contributed by atoms with Crippen LogP contribution < -0.4 is 10.6 Å². The Kier molecular flexibility index (Phi) is 7.80. The molecular formula is C14H26N2O3S. The molecule has 116 valence electrons. The van der Waals surface area contributed by atoms with Gasteiger partial charge in [0.15, 0.2) is 0 Å². The van der Waals surface area contributed by atoms with Gasteiger partial charge < -0.3 is 15.4 Å². The molecule has 1 fully saturated rings. The summed E-state index contributed by atoms with van der Waals surface area (Å²) in [7, 11) is 1.34. The lowest BCUT2D eigenvalue weighted by atomic mass is 9.86. The van der Waals surface area contributed by atoms with Crippen molar-refractivity contribution in [3.8, 4) is 0 Å². The van der Waals surface area contributed by atoms with Crippen LogP contribution in [0.2, 0.25) is 0 Å². The van der Waals surface area contributed by atoms with Gasteiger partial charge in [-0.15, -0.1) is 0 Å². The average molecular weight is 302 g/mol. The molecule has 0 unspecified atom stereocenters. The number of methoxy groups -OCH3 is 1. The van der Waals surface area contributed by atoms with Gasteiger partial charge in [-0.25, -0.2) is 9.59 Å². The molecule has 5 nitrogen and oxygen atoms in total. The summed E-state index contributed by atoms with van der Waals surface area (Å²) < 4.78 is 4.73. The number of thioether (sulfide) groups is 1. The first kappa shape index (κ1) is 17.1. The number of urea groups is 1. The van der Waals surface area contributed by atoms with Crippen LogP contribution in [0.1, 0.15) is 39.0 Å². The van der Waals surface area contributed by atoms with Crippen LogP contribution in [-0.2, 0) is 9.53 Å². The van der Waals surface area contributed by atoms with E-state index < -0.39 is 6.04 Å². The second-order valence-corrected chi connectivity index (χ2v) is 6.33. The van der Waals surface area contributed by atoms with Gasteiger partial charge in [-0.2, -0.15) is 11.8 Å². The largest absolute Gasteiger partial charge is 0.467 e. The third-order valence-electron chi connectivity index (χ3n) is 3.83. The zero-order chi connectivity index (χ0) is 15.0. The molecule has 6 heteroatoms. The Labute approximate surface area is 125 Å². The number of esters is 1. The monoisotopic (exact) mass is 302 g/mol. The molecule has 0 aromatic carbocycles. The topological polar surface area (TPSA) is 67.4 Å². The van der Waals surface area contributed by atoms with Crippen LogP contribution >= 0.6 is 11.8 Å². The van der Waals surface area contributed by atoms with E-state index in [1.165, 1.54) is 13.5 Å². The van der Waals surface area contributed by atoms with E-state index in [4.69, 9.17) is 4.74 Å². The highest BCUT2D eigenvalue weighted by molar-refractivity contribution is 7.98. The fourth-order valence-corrected chi connectivity index (χ4v) is 3.00. The number of hydrogen-bond acceptors (Lipinski definition) is 4. The van der Waals surface area contributed by atoms with E-state index in [0.29, 0.717) is 12.3 Å². The number of ether oxygens (including phenoxy) is 1. The van der Waals surface area contributed by atoms with Crippen molar-refractivity contribution in [2.24, 2.45) is 5.92 Å². The van der Waals surface area contributed by atoms with E-state index in [1.807, 2.05) is 6.26 Å². The summed E-state index contributed by atoms with van der Waals surface area (Å²) in [5.41, 5.74) is 0. The number of hydrogen-bond donors (Lipinski definition) is 2. The van der Waals surface area contributed by atoms with E-state index in [1.54, 1.807) is 11.8 Å². The predicted molar refractivity (Wildman–Crippen MR) is 81.9 cm³/mol. The summed E-state index contributed by atoms with van der Waals surface area (Å²) in [5.74, 6) is 0.919. The first-order valence-corrected chi connectivity index (χ1v) is 8.61. The van der Waals surface area contributed by atoms with E-state index in [2.05, 4.69) is 17.6 Å². The Balaban J connectivity index is 2.45. The van der Waals surface area contributed by atoms with Crippen LogP contribution in [0, 0.1) is 5.92 Å². The fourth-order valence-electron chi connectivity index (χ4n) is 2.53. The molecule has 1 rings (SSSR count). The second-order valence-electron chi connectivity index (χ2n) is 5.34. The quantitative estimate of drug-likeness (QED) is 0.738. The van der Waals surface area contributed by atoms with E-state index in [9.17, 15) is 9.59 Å². The molecule has 1 aliphatic rings. The minimum Gasteiger partial charge on any atom is -0.467 e. The minimum atomic E-state index is -0.564. The van der Waals surface area contributed by atoms with Crippen molar-refractivity contribution in [1.82, 2.24) is 10.6 Å². The molecule has 0 aromatic heterocycles. The Morgan fingerprint density at radius 3 is 2.65 bits per heavy atom. The van der Waals surface area contributed by atoms with Gasteiger partial charge in [-0.1, -0.05) is 19.8 Å². The SMILES string of the molecule is COC(=O)[C@@H](CCSC)NC(=O)N[C@@H]1CCCC[C@H]1C. The summed E-state index contributed by atoms with van der Waals surface area (Å²) in [6, 6.07) is -0.616. The lowest BCUT2D eigenvalue weighted by Gasteiger charge is -2.30. The Morgan fingerprint density at radius 2 is 2.05 bits per heavy atom. The fraction of sp³-hybridized carbons (Fsp3) is 0.857. The molecule has 1 saturated carbocycles. The van der Waals surface area contributed by atoms with Gasteiger partial charge in [0.1, 0.15) is 6.04 Å². The van der Waals surface area contributed by atoms with Crippen LogP contribution in [0.3, 0.4) is 0 Å². The van der Waals surface area contributed by atoms with E-state index >= 15 is 0 Å². The van der Waals surface area contributed by atoms with Crippen molar-refractivity contribution in [2.45, 2.75) is 51.1 Å². The molecule has 0 heterocycles. The van der Waals surface area contributed by atoms with Crippen molar-refractivity contribution < 1.29 is 14.3 Å². The van der Waals surface area contributed by atoms with Crippen LogP contribution in [0.15, 0.2) is 0 Å². The first-order chi connectivity index (χ1) is 9.58. The zero-order valence-corrected chi connectivity index (χ0v) is 13.4. The molecule has 0 aliphatic heterocycles. The summed E-state index contributed by atoms with van der Waals surface area (Å²) in [6.45, 7) is 2.16. The van der Waals surface area contributed by atoms with Crippen molar-refractivity contribution in [2.75, 3.05) is 19.1 Å². The highest BCUT2D eigenvalue weighted by atomic mass is 32.2. The highest BCUT2D eigenvalue weighted by Crippen LogP contribution is 2.23. The molecule has 2 amide bonds. The summed E-state index contributed by atoms with van der Waals surface area (Å²) in [4.78, 5) is 23.6. The van der Waals surface area contributed by atoms with Gasteiger partial charge in [0.25, 0.3) is 0 Å². The molecule has 3 atom stereocenters. The smallest absolute Gasteiger partial charge is 0.328 e. The second kappa shape index (κ2) is 9.10. The van der Waals surface area contributed by atoms with Crippen LogP contribution in [-0.4, -0.2) is 43.2 Å². The molecule has 0 spiro atoms. The number of amides is 2. The Morgan fingerprint density at radius 1 is 1.35 bits per heavy atom. The molecule has 0 aromatic rings. The van der Waals surface area contributed by atoms with Crippen LogP contribution in [0.4, 0.5) is 4.79 Å². The van der Waals surface area contributed by atoms with Crippen LogP contribution in [0.5, 0.6) is 0 Å². The van der Waals surface area contributed by atoms with Crippen molar-refractivity contribution in [1.29, 1.82) is 0 Å². The molecule has 0 bridgehead atoms. The van der Waals surface area contributed by atoms with Crippen molar-refractivity contribution in [3.05, 3.63) is 0 Å². The maximum absolute atomic E-state index is 12.0. The zero-order valence-electron chi connectivity index (χ0n) is 12.6. The Hall–Kier alpha value is -0.910. The average Bonchev–Trinajstić information content (AvgIpc) is 2.45. The lowest BCUT2D eigenvalue weighted by molar-refractivity contribution is -0.142. The third kappa shape index (κ3) is 5.61. The maximum Gasteiger partial charge on any atom is 0.328 e. The summed E-state index contributed by atoms with van der Waals surface area (Å²) in [5, 5.41) is 5.72.